The van der Waals surface area contributed by atoms with Crippen LogP contribution in [0.25, 0.3) is 22.4 Å². The molecule has 0 radical (unpaired) electrons. The molecule has 1 saturated carbocycles. The first-order valence-electron chi connectivity index (χ1n) is 11.3. The van der Waals surface area contributed by atoms with Crippen LogP contribution in [-0.4, -0.2) is 27.1 Å². The van der Waals surface area contributed by atoms with Gasteiger partial charge in [-0.25, -0.2) is 9.37 Å². The summed E-state index contributed by atoms with van der Waals surface area (Å²) in [6.07, 6.45) is 10.7. The number of pyridine rings is 1. The molecule has 1 aliphatic carbocycles. The van der Waals surface area contributed by atoms with Crippen molar-refractivity contribution in [1.82, 2.24) is 14.5 Å². The minimum absolute atomic E-state index is 0.00356. The molecule has 0 bridgehead atoms. The van der Waals surface area contributed by atoms with E-state index in [1.165, 1.54) is 48.8 Å². The van der Waals surface area contributed by atoms with Gasteiger partial charge in [-0.2, -0.15) is 0 Å². The summed E-state index contributed by atoms with van der Waals surface area (Å²) in [6.45, 7) is 0.544. The van der Waals surface area contributed by atoms with Gasteiger partial charge in [0, 0.05) is 37.6 Å². The highest BCUT2D eigenvalue weighted by Crippen LogP contribution is 2.29. The third-order valence-electron chi connectivity index (χ3n) is 6.26. The van der Waals surface area contributed by atoms with Crippen LogP contribution in [0.3, 0.4) is 0 Å². The van der Waals surface area contributed by atoms with Gasteiger partial charge in [-0.05, 0) is 42.2 Å². The fraction of sp³-hybridized carbons (Fsp3) is 0.400. The summed E-state index contributed by atoms with van der Waals surface area (Å²) in [4.78, 5) is 22.2. The third kappa shape index (κ3) is 5.05. The van der Waals surface area contributed by atoms with Crippen molar-refractivity contribution in [2.45, 2.75) is 44.6 Å². The van der Waals surface area contributed by atoms with Crippen LogP contribution in [0.15, 0.2) is 53.6 Å². The molecular formula is C25H30FN5O. The first-order chi connectivity index (χ1) is 15.5. The Morgan fingerprint density at radius 3 is 2.47 bits per heavy atom. The van der Waals surface area contributed by atoms with Crippen molar-refractivity contribution in [3.8, 4) is 22.4 Å². The molecule has 0 aliphatic heterocycles. The molecule has 7 heteroatoms. The number of nitrogens with zero attached hydrogens (tertiary/aromatic N) is 3. The maximum Gasteiger partial charge on any atom is 0.263 e. The van der Waals surface area contributed by atoms with E-state index in [4.69, 9.17) is 10.7 Å². The van der Waals surface area contributed by atoms with Gasteiger partial charge in [0.2, 0.25) is 5.95 Å². The molecule has 168 valence electrons. The van der Waals surface area contributed by atoms with E-state index in [2.05, 4.69) is 10.3 Å². The molecule has 1 atom stereocenters. The van der Waals surface area contributed by atoms with Crippen molar-refractivity contribution in [1.29, 1.82) is 0 Å². The summed E-state index contributed by atoms with van der Waals surface area (Å²) in [5, 5.41) is 3.29. The maximum atomic E-state index is 13.5. The lowest BCUT2D eigenvalue weighted by Gasteiger charge is -2.25. The van der Waals surface area contributed by atoms with Crippen LogP contribution in [-0.2, 0) is 7.05 Å². The zero-order valence-corrected chi connectivity index (χ0v) is 18.4. The number of hydrogen-bond donors (Lipinski definition) is 2. The van der Waals surface area contributed by atoms with Crippen molar-refractivity contribution in [2.24, 2.45) is 18.7 Å². The molecule has 3 aromatic rings. The lowest BCUT2D eigenvalue weighted by molar-refractivity contribution is 0.320. The van der Waals surface area contributed by atoms with Crippen molar-refractivity contribution in [3.05, 3.63) is 65.0 Å². The molecule has 0 saturated heterocycles. The Bertz CT molecular complexity index is 1090. The SMILES string of the molecule is Cn1c(NC[C@@H](N)CC2CCCCC2)nc(-c2ccncc2)c(-c2ccc(F)cc2)c1=O. The average molecular weight is 436 g/mol. The standard InChI is InChI=1S/C25H30FN5O/c1-31-24(32)22(18-7-9-20(26)10-8-18)23(19-11-13-28-14-12-19)30-25(31)29-16-21(27)15-17-5-3-2-4-6-17/h7-14,17,21H,2-6,15-16,27H2,1H3,(H,29,30)/t21-/m0/s1. The Balaban J connectivity index is 1.64. The largest absolute Gasteiger partial charge is 0.354 e. The van der Waals surface area contributed by atoms with Gasteiger partial charge in [0.05, 0.1) is 11.3 Å². The number of halogens is 1. The summed E-state index contributed by atoms with van der Waals surface area (Å²) in [5.74, 6) is 0.798. The Hall–Kier alpha value is -3.06. The van der Waals surface area contributed by atoms with Crippen molar-refractivity contribution in [3.63, 3.8) is 0 Å². The van der Waals surface area contributed by atoms with Gasteiger partial charge in [0.25, 0.3) is 5.56 Å². The molecule has 1 aromatic carbocycles. The second-order valence-corrected chi connectivity index (χ2v) is 8.65. The van der Waals surface area contributed by atoms with Crippen LogP contribution in [0.4, 0.5) is 10.3 Å². The van der Waals surface area contributed by atoms with Gasteiger partial charge in [-0.1, -0.05) is 44.2 Å². The Labute approximate surface area is 187 Å². The normalized spacial score (nSPS) is 15.5. The van der Waals surface area contributed by atoms with Crippen LogP contribution < -0.4 is 16.6 Å². The smallest absolute Gasteiger partial charge is 0.263 e. The monoisotopic (exact) mass is 435 g/mol. The average Bonchev–Trinajstić information content (AvgIpc) is 2.82. The Morgan fingerprint density at radius 2 is 1.78 bits per heavy atom. The second-order valence-electron chi connectivity index (χ2n) is 8.65. The molecule has 2 aromatic heterocycles. The molecule has 6 nitrogen and oxygen atoms in total. The van der Waals surface area contributed by atoms with Gasteiger partial charge < -0.3 is 11.1 Å². The zero-order chi connectivity index (χ0) is 22.5. The van der Waals surface area contributed by atoms with E-state index in [-0.39, 0.29) is 17.4 Å². The highest BCUT2D eigenvalue weighted by atomic mass is 19.1. The lowest BCUT2D eigenvalue weighted by atomic mass is 9.85. The number of rotatable bonds is 7. The van der Waals surface area contributed by atoms with E-state index in [0.29, 0.717) is 35.2 Å². The summed E-state index contributed by atoms with van der Waals surface area (Å²) in [5.41, 5.74) is 8.54. The lowest BCUT2D eigenvalue weighted by Crippen LogP contribution is -2.34. The number of hydrogen-bond acceptors (Lipinski definition) is 5. The highest BCUT2D eigenvalue weighted by molar-refractivity contribution is 5.80. The predicted molar refractivity (Wildman–Crippen MR) is 126 cm³/mol. The van der Waals surface area contributed by atoms with Crippen LogP contribution in [0.1, 0.15) is 38.5 Å². The van der Waals surface area contributed by atoms with Crippen molar-refractivity contribution in [2.75, 3.05) is 11.9 Å². The van der Waals surface area contributed by atoms with E-state index in [1.54, 1.807) is 31.6 Å². The molecule has 1 fully saturated rings. The molecule has 3 N–H and O–H groups in total. The zero-order valence-electron chi connectivity index (χ0n) is 18.4. The fourth-order valence-corrected chi connectivity index (χ4v) is 4.51. The molecule has 2 heterocycles. The topological polar surface area (TPSA) is 85.8 Å². The number of aromatic nitrogens is 3. The minimum Gasteiger partial charge on any atom is -0.354 e. The Kier molecular flexibility index (Phi) is 6.95. The first-order valence-corrected chi connectivity index (χ1v) is 11.3. The van der Waals surface area contributed by atoms with Gasteiger partial charge in [0.1, 0.15) is 5.82 Å². The fourth-order valence-electron chi connectivity index (χ4n) is 4.51. The predicted octanol–water partition coefficient (Wildman–Crippen LogP) is 4.36. The van der Waals surface area contributed by atoms with Crippen molar-refractivity contribution >= 4 is 5.95 Å². The van der Waals surface area contributed by atoms with Gasteiger partial charge in [-0.15, -0.1) is 0 Å². The van der Waals surface area contributed by atoms with E-state index in [9.17, 15) is 9.18 Å². The van der Waals surface area contributed by atoms with Crippen LogP contribution in [0.2, 0.25) is 0 Å². The molecule has 0 spiro atoms. The van der Waals surface area contributed by atoms with Crippen LogP contribution in [0, 0.1) is 11.7 Å². The van der Waals surface area contributed by atoms with Gasteiger partial charge >= 0.3 is 0 Å². The first kappa shape index (κ1) is 22.1. The highest BCUT2D eigenvalue weighted by Gasteiger charge is 2.20. The van der Waals surface area contributed by atoms with E-state index in [0.717, 1.165) is 12.0 Å². The van der Waals surface area contributed by atoms with Crippen molar-refractivity contribution < 1.29 is 4.39 Å². The molecule has 32 heavy (non-hydrogen) atoms. The number of nitrogens with two attached hydrogens (primary N) is 1. The quantitative estimate of drug-likeness (QED) is 0.576. The molecule has 1 aliphatic rings. The second kappa shape index (κ2) is 10.0. The number of anilines is 1. The van der Waals surface area contributed by atoms with E-state index < -0.39 is 0 Å². The van der Waals surface area contributed by atoms with Gasteiger partial charge in [-0.3, -0.25) is 14.3 Å². The third-order valence-corrected chi connectivity index (χ3v) is 6.26. The van der Waals surface area contributed by atoms with E-state index in [1.807, 2.05) is 12.1 Å². The maximum absolute atomic E-state index is 13.5. The Morgan fingerprint density at radius 1 is 1.09 bits per heavy atom. The van der Waals surface area contributed by atoms with Crippen LogP contribution >= 0.6 is 0 Å². The molecule has 4 rings (SSSR count). The number of nitrogens with one attached hydrogen (secondary N) is 1. The van der Waals surface area contributed by atoms with Crippen LogP contribution in [0.5, 0.6) is 0 Å². The number of benzene rings is 1. The minimum atomic E-state index is -0.353. The summed E-state index contributed by atoms with van der Waals surface area (Å²) in [7, 11) is 1.69. The summed E-state index contributed by atoms with van der Waals surface area (Å²) in [6, 6.07) is 9.53. The summed E-state index contributed by atoms with van der Waals surface area (Å²) < 4.78 is 15.0. The molecule has 0 amide bonds. The van der Waals surface area contributed by atoms with Gasteiger partial charge in [0.15, 0.2) is 0 Å². The molecule has 0 unspecified atom stereocenters. The summed E-state index contributed by atoms with van der Waals surface area (Å²) >= 11 is 0. The molecular weight excluding hydrogens is 405 g/mol. The van der Waals surface area contributed by atoms with E-state index >= 15 is 0 Å².